The van der Waals surface area contributed by atoms with Crippen LogP contribution in [-0.2, 0) is 0 Å². The predicted octanol–water partition coefficient (Wildman–Crippen LogP) is 1.78. The van der Waals surface area contributed by atoms with Gasteiger partial charge in [0.15, 0.2) is 5.78 Å². The van der Waals surface area contributed by atoms with E-state index in [0.29, 0.717) is 6.42 Å². The fourth-order valence-corrected chi connectivity index (χ4v) is 2.38. The van der Waals surface area contributed by atoms with Crippen LogP contribution in [-0.4, -0.2) is 43.4 Å². The van der Waals surface area contributed by atoms with Crippen LogP contribution in [0.1, 0.15) is 27.9 Å². The third kappa shape index (κ3) is 3.18. The molecule has 0 radical (unpaired) electrons. The first kappa shape index (κ1) is 13.2. The number of aryl methyl sites for hydroxylation is 2. The molecule has 1 aliphatic heterocycles. The van der Waals surface area contributed by atoms with Gasteiger partial charge in [0.1, 0.15) is 0 Å². The monoisotopic (exact) mass is 246 g/mol. The Kier molecular flexibility index (Phi) is 4.15. The second-order valence-electron chi connectivity index (χ2n) is 5.34. The average Bonchev–Trinajstić information content (AvgIpc) is 2.32. The summed E-state index contributed by atoms with van der Waals surface area (Å²) < 4.78 is 0. The summed E-state index contributed by atoms with van der Waals surface area (Å²) in [4.78, 5) is 14.5. The van der Waals surface area contributed by atoms with Crippen molar-refractivity contribution in [2.45, 2.75) is 26.3 Å². The minimum atomic E-state index is 0.242. The lowest BCUT2D eigenvalue weighted by molar-refractivity contribution is 0.0952. The molecule has 0 spiro atoms. The minimum Gasteiger partial charge on any atom is -0.311 e. The van der Waals surface area contributed by atoms with E-state index in [9.17, 15) is 4.79 Å². The Hall–Kier alpha value is -1.19. The molecule has 0 aliphatic carbocycles. The molecule has 3 heteroatoms. The minimum absolute atomic E-state index is 0.242. The van der Waals surface area contributed by atoms with E-state index in [-0.39, 0.29) is 11.8 Å². The molecule has 1 aliphatic rings. The number of nitrogens with zero attached hydrogens (tertiary/aromatic N) is 1. The highest BCUT2D eigenvalue weighted by Gasteiger charge is 2.20. The molecule has 0 aromatic heterocycles. The summed E-state index contributed by atoms with van der Waals surface area (Å²) in [5.41, 5.74) is 3.27. The van der Waals surface area contributed by atoms with E-state index in [1.54, 1.807) is 0 Å². The van der Waals surface area contributed by atoms with E-state index < -0.39 is 0 Å². The van der Waals surface area contributed by atoms with Crippen molar-refractivity contribution < 1.29 is 4.79 Å². The molecule has 98 valence electrons. The molecule has 3 nitrogen and oxygen atoms in total. The highest BCUT2D eigenvalue weighted by molar-refractivity contribution is 5.96. The number of nitrogens with one attached hydrogen (secondary N) is 1. The van der Waals surface area contributed by atoms with Crippen molar-refractivity contribution in [2.24, 2.45) is 0 Å². The van der Waals surface area contributed by atoms with Gasteiger partial charge < -0.3 is 10.2 Å². The largest absolute Gasteiger partial charge is 0.311 e. The number of ketones is 1. The summed E-state index contributed by atoms with van der Waals surface area (Å²) in [6.45, 7) is 7.12. The Balaban J connectivity index is 2.00. The van der Waals surface area contributed by atoms with Crippen molar-refractivity contribution in [3.05, 3.63) is 34.9 Å². The number of hydrogen-bond acceptors (Lipinski definition) is 3. The molecule has 1 atom stereocenters. The molecule has 1 fully saturated rings. The van der Waals surface area contributed by atoms with Crippen LogP contribution in [0.2, 0.25) is 0 Å². The van der Waals surface area contributed by atoms with E-state index >= 15 is 0 Å². The Bertz CT molecular complexity index is 442. The van der Waals surface area contributed by atoms with Crippen LogP contribution in [0.3, 0.4) is 0 Å². The van der Waals surface area contributed by atoms with Crippen LogP contribution in [0.15, 0.2) is 18.2 Å². The van der Waals surface area contributed by atoms with E-state index in [0.717, 1.165) is 25.2 Å². The third-order valence-electron chi connectivity index (χ3n) is 3.72. The van der Waals surface area contributed by atoms with Gasteiger partial charge in [-0.2, -0.15) is 0 Å². The predicted molar refractivity (Wildman–Crippen MR) is 74.2 cm³/mol. The fourth-order valence-electron chi connectivity index (χ4n) is 2.38. The van der Waals surface area contributed by atoms with Crippen molar-refractivity contribution in [3.63, 3.8) is 0 Å². The number of benzene rings is 1. The highest BCUT2D eigenvalue weighted by Crippen LogP contribution is 2.13. The zero-order valence-electron chi connectivity index (χ0n) is 11.5. The molecule has 1 aromatic rings. The van der Waals surface area contributed by atoms with Gasteiger partial charge in [0.2, 0.25) is 0 Å². The van der Waals surface area contributed by atoms with Crippen LogP contribution in [0.4, 0.5) is 0 Å². The van der Waals surface area contributed by atoms with Gasteiger partial charge in [-0.05, 0) is 38.1 Å². The molecular weight excluding hydrogens is 224 g/mol. The summed E-state index contributed by atoms with van der Waals surface area (Å²) in [5.74, 6) is 0.242. The molecule has 18 heavy (non-hydrogen) atoms. The lowest BCUT2D eigenvalue weighted by Gasteiger charge is -2.30. The van der Waals surface area contributed by atoms with Gasteiger partial charge in [-0.25, -0.2) is 0 Å². The van der Waals surface area contributed by atoms with Crippen molar-refractivity contribution in [1.29, 1.82) is 0 Å². The molecule has 1 unspecified atom stereocenters. The fraction of sp³-hybridized carbons (Fsp3) is 0.533. The van der Waals surface area contributed by atoms with E-state index in [4.69, 9.17) is 0 Å². The number of piperazine rings is 1. The van der Waals surface area contributed by atoms with E-state index in [2.05, 4.69) is 31.1 Å². The molecule has 0 saturated carbocycles. The second-order valence-corrected chi connectivity index (χ2v) is 5.34. The van der Waals surface area contributed by atoms with Crippen molar-refractivity contribution in [3.8, 4) is 0 Å². The van der Waals surface area contributed by atoms with Crippen LogP contribution in [0, 0.1) is 13.8 Å². The number of carbonyl (C=O) groups excluding carboxylic acids is 1. The molecule has 1 saturated heterocycles. The summed E-state index contributed by atoms with van der Waals surface area (Å²) in [6, 6.07) is 6.27. The van der Waals surface area contributed by atoms with Crippen molar-refractivity contribution in [1.82, 2.24) is 10.2 Å². The zero-order chi connectivity index (χ0) is 13.1. The van der Waals surface area contributed by atoms with Crippen LogP contribution in [0.5, 0.6) is 0 Å². The smallest absolute Gasteiger partial charge is 0.164 e. The standard InChI is InChI=1S/C15H22N2O/c1-11-4-5-13(8-12(11)2)15(18)9-14-10-17(3)7-6-16-14/h4-5,8,14,16H,6-7,9-10H2,1-3H3. The van der Waals surface area contributed by atoms with E-state index in [1.165, 1.54) is 11.1 Å². The number of Topliss-reactive ketones (excluding diaryl/α,β-unsaturated/α-hetero) is 1. The summed E-state index contributed by atoms with van der Waals surface area (Å²) >= 11 is 0. The average molecular weight is 246 g/mol. The number of rotatable bonds is 3. The number of hydrogen-bond donors (Lipinski definition) is 1. The quantitative estimate of drug-likeness (QED) is 0.825. The second kappa shape index (κ2) is 5.63. The van der Waals surface area contributed by atoms with Gasteiger partial charge in [-0.1, -0.05) is 12.1 Å². The van der Waals surface area contributed by atoms with Crippen LogP contribution < -0.4 is 5.32 Å². The Morgan fingerprint density at radius 2 is 2.17 bits per heavy atom. The first-order valence-corrected chi connectivity index (χ1v) is 6.58. The van der Waals surface area contributed by atoms with Gasteiger partial charge in [-0.3, -0.25) is 4.79 Å². The molecular formula is C15H22N2O. The molecule has 1 N–H and O–H groups in total. The molecule has 1 aromatic carbocycles. The summed E-state index contributed by atoms with van der Waals surface area (Å²) in [6.07, 6.45) is 0.590. The maximum Gasteiger partial charge on any atom is 0.164 e. The topological polar surface area (TPSA) is 32.3 Å². The number of carbonyl (C=O) groups is 1. The van der Waals surface area contributed by atoms with Gasteiger partial charge >= 0.3 is 0 Å². The molecule has 0 amide bonds. The first-order valence-electron chi connectivity index (χ1n) is 6.58. The van der Waals surface area contributed by atoms with Crippen LogP contribution >= 0.6 is 0 Å². The lowest BCUT2D eigenvalue weighted by atomic mass is 9.99. The zero-order valence-corrected chi connectivity index (χ0v) is 11.5. The Morgan fingerprint density at radius 1 is 1.39 bits per heavy atom. The first-order chi connectivity index (χ1) is 8.56. The highest BCUT2D eigenvalue weighted by atomic mass is 16.1. The van der Waals surface area contributed by atoms with E-state index in [1.807, 2.05) is 18.2 Å². The molecule has 1 heterocycles. The lowest BCUT2D eigenvalue weighted by Crippen LogP contribution is -2.49. The molecule has 0 bridgehead atoms. The Labute approximate surface area is 109 Å². The van der Waals surface area contributed by atoms with Gasteiger partial charge in [-0.15, -0.1) is 0 Å². The normalized spacial score (nSPS) is 20.9. The van der Waals surface area contributed by atoms with Crippen molar-refractivity contribution >= 4 is 5.78 Å². The Morgan fingerprint density at radius 3 is 2.83 bits per heavy atom. The summed E-state index contributed by atoms with van der Waals surface area (Å²) in [5, 5.41) is 3.41. The SMILES string of the molecule is Cc1ccc(C(=O)CC2CN(C)CCN2)cc1C. The summed E-state index contributed by atoms with van der Waals surface area (Å²) in [7, 11) is 2.11. The molecule has 2 rings (SSSR count). The number of likely N-dealkylation sites (N-methyl/N-ethyl adjacent to an activating group) is 1. The van der Waals surface area contributed by atoms with Gasteiger partial charge in [0, 0.05) is 37.7 Å². The van der Waals surface area contributed by atoms with Crippen LogP contribution in [0.25, 0.3) is 0 Å². The van der Waals surface area contributed by atoms with Crippen molar-refractivity contribution in [2.75, 3.05) is 26.7 Å². The maximum atomic E-state index is 12.2. The van der Waals surface area contributed by atoms with Gasteiger partial charge in [0.25, 0.3) is 0 Å². The van der Waals surface area contributed by atoms with Gasteiger partial charge in [0.05, 0.1) is 0 Å². The maximum absolute atomic E-state index is 12.2. The third-order valence-corrected chi connectivity index (χ3v) is 3.72.